The Morgan fingerprint density at radius 3 is 2.39 bits per heavy atom. The Hall–Kier alpha value is -1.42. The molecule has 0 radical (unpaired) electrons. The van der Waals surface area contributed by atoms with Crippen molar-refractivity contribution in [2.75, 3.05) is 5.32 Å². The number of alkyl carbamates (subject to hydrolysis) is 1. The molecular weight excluding hydrogens is 312 g/mol. The summed E-state index contributed by atoms with van der Waals surface area (Å²) < 4.78 is 5.31. The molecule has 1 aliphatic rings. The maximum Gasteiger partial charge on any atom is 0.407 e. The molecule has 0 aromatic heterocycles. The molecule has 23 heavy (non-hydrogen) atoms. The Kier molecular flexibility index (Phi) is 5.79. The van der Waals surface area contributed by atoms with Gasteiger partial charge >= 0.3 is 6.09 Å². The Bertz CT molecular complexity index is 546. The summed E-state index contributed by atoms with van der Waals surface area (Å²) >= 11 is 6.07. The topological polar surface area (TPSA) is 50.4 Å². The zero-order chi connectivity index (χ0) is 17.0. The fraction of sp³-hybridized carbons (Fsp3) is 0.611. The third-order valence-electron chi connectivity index (χ3n) is 4.01. The smallest absolute Gasteiger partial charge is 0.407 e. The number of hydrogen-bond donors (Lipinski definition) is 2. The lowest BCUT2D eigenvalue weighted by molar-refractivity contribution is 0.0492. The standard InChI is InChI=1S/C18H27ClN2O2/c1-12-5-6-13(19)11-16(12)20-14-7-9-15(10-8-14)21-17(22)23-18(2,3)4/h5-6,11,14-15,20H,7-10H2,1-4H3,(H,21,22). The van der Waals surface area contributed by atoms with E-state index in [1.165, 1.54) is 5.56 Å². The number of benzene rings is 1. The van der Waals surface area contributed by atoms with Crippen LogP contribution in [0.3, 0.4) is 0 Å². The van der Waals surface area contributed by atoms with Gasteiger partial charge in [0.15, 0.2) is 0 Å². The monoisotopic (exact) mass is 338 g/mol. The maximum absolute atomic E-state index is 11.8. The molecule has 0 atom stereocenters. The highest BCUT2D eigenvalue weighted by atomic mass is 35.5. The first kappa shape index (κ1) is 17.9. The van der Waals surface area contributed by atoms with Gasteiger partial charge < -0.3 is 15.4 Å². The van der Waals surface area contributed by atoms with E-state index in [9.17, 15) is 4.79 Å². The highest BCUT2D eigenvalue weighted by Crippen LogP contribution is 2.26. The molecule has 0 spiro atoms. The Balaban J connectivity index is 1.80. The van der Waals surface area contributed by atoms with Gasteiger partial charge in [0.1, 0.15) is 5.60 Å². The number of aryl methyl sites for hydroxylation is 1. The predicted molar refractivity (Wildman–Crippen MR) is 95.2 cm³/mol. The summed E-state index contributed by atoms with van der Waals surface area (Å²) in [6.07, 6.45) is 3.63. The van der Waals surface area contributed by atoms with Crippen molar-refractivity contribution in [2.45, 2.75) is 71.1 Å². The summed E-state index contributed by atoms with van der Waals surface area (Å²) in [5.41, 5.74) is 1.84. The highest BCUT2D eigenvalue weighted by molar-refractivity contribution is 6.30. The van der Waals surface area contributed by atoms with Crippen molar-refractivity contribution >= 4 is 23.4 Å². The third kappa shape index (κ3) is 5.94. The van der Waals surface area contributed by atoms with Gasteiger partial charge in [-0.15, -0.1) is 0 Å². The van der Waals surface area contributed by atoms with Crippen molar-refractivity contribution in [1.29, 1.82) is 0 Å². The molecule has 0 unspecified atom stereocenters. The number of anilines is 1. The molecule has 5 heteroatoms. The van der Waals surface area contributed by atoms with Crippen LogP contribution in [0, 0.1) is 6.92 Å². The average molecular weight is 339 g/mol. The number of halogens is 1. The van der Waals surface area contributed by atoms with Gasteiger partial charge in [-0.1, -0.05) is 17.7 Å². The van der Waals surface area contributed by atoms with Crippen molar-refractivity contribution < 1.29 is 9.53 Å². The van der Waals surface area contributed by atoms with E-state index in [4.69, 9.17) is 16.3 Å². The van der Waals surface area contributed by atoms with Gasteiger partial charge in [-0.05, 0) is 71.1 Å². The third-order valence-corrected chi connectivity index (χ3v) is 4.24. The van der Waals surface area contributed by atoms with Crippen LogP contribution in [-0.4, -0.2) is 23.8 Å². The first-order valence-corrected chi connectivity index (χ1v) is 8.63. The van der Waals surface area contributed by atoms with E-state index in [1.807, 2.05) is 39.0 Å². The minimum absolute atomic E-state index is 0.198. The number of carbonyl (C=O) groups is 1. The number of amides is 1. The molecule has 0 bridgehead atoms. The first-order valence-electron chi connectivity index (χ1n) is 8.25. The van der Waals surface area contributed by atoms with Crippen LogP contribution in [-0.2, 0) is 4.74 Å². The minimum Gasteiger partial charge on any atom is -0.444 e. The summed E-state index contributed by atoms with van der Waals surface area (Å²) in [4.78, 5) is 11.8. The van der Waals surface area contributed by atoms with E-state index in [0.717, 1.165) is 36.4 Å². The van der Waals surface area contributed by atoms with Crippen LogP contribution >= 0.6 is 11.6 Å². The lowest BCUT2D eigenvalue weighted by atomic mass is 9.91. The molecular formula is C18H27ClN2O2. The number of ether oxygens (including phenoxy) is 1. The molecule has 1 aromatic carbocycles. The van der Waals surface area contributed by atoms with Gasteiger partial charge in [0.25, 0.3) is 0 Å². The minimum atomic E-state index is -0.451. The van der Waals surface area contributed by atoms with E-state index in [2.05, 4.69) is 17.6 Å². The van der Waals surface area contributed by atoms with Crippen LogP contribution < -0.4 is 10.6 Å². The van der Waals surface area contributed by atoms with Crippen LogP contribution in [0.4, 0.5) is 10.5 Å². The second-order valence-electron chi connectivity index (χ2n) is 7.30. The van der Waals surface area contributed by atoms with E-state index in [0.29, 0.717) is 6.04 Å². The summed E-state index contributed by atoms with van der Waals surface area (Å²) in [5, 5.41) is 7.29. The lowest BCUT2D eigenvalue weighted by Crippen LogP contribution is -2.42. The lowest BCUT2D eigenvalue weighted by Gasteiger charge is -2.31. The van der Waals surface area contributed by atoms with Gasteiger partial charge in [0.05, 0.1) is 0 Å². The molecule has 128 valence electrons. The molecule has 0 heterocycles. The zero-order valence-electron chi connectivity index (χ0n) is 14.4. The molecule has 0 aliphatic heterocycles. The summed E-state index contributed by atoms with van der Waals surface area (Å²) in [6.45, 7) is 7.70. The van der Waals surface area contributed by atoms with Crippen molar-refractivity contribution in [3.8, 4) is 0 Å². The highest BCUT2D eigenvalue weighted by Gasteiger charge is 2.24. The Morgan fingerprint density at radius 1 is 1.17 bits per heavy atom. The number of nitrogens with one attached hydrogen (secondary N) is 2. The number of hydrogen-bond acceptors (Lipinski definition) is 3. The van der Waals surface area contributed by atoms with Gasteiger partial charge in [-0.2, -0.15) is 0 Å². The van der Waals surface area contributed by atoms with Gasteiger partial charge in [-0.25, -0.2) is 4.79 Å². The van der Waals surface area contributed by atoms with E-state index >= 15 is 0 Å². The first-order chi connectivity index (χ1) is 10.7. The molecule has 4 nitrogen and oxygen atoms in total. The SMILES string of the molecule is Cc1ccc(Cl)cc1NC1CCC(NC(=O)OC(C)(C)C)CC1. The normalized spacial score (nSPS) is 21.6. The summed E-state index contributed by atoms with van der Waals surface area (Å²) in [6, 6.07) is 6.53. The quantitative estimate of drug-likeness (QED) is 0.824. The maximum atomic E-state index is 11.8. The molecule has 1 aromatic rings. The molecule has 1 amide bonds. The second-order valence-corrected chi connectivity index (χ2v) is 7.73. The molecule has 2 rings (SSSR count). The predicted octanol–water partition coefficient (Wildman–Crippen LogP) is 4.90. The van der Waals surface area contributed by atoms with Crippen LogP contribution in [0.1, 0.15) is 52.0 Å². The number of rotatable bonds is 3. The van der Waals surface area contributed by atoms with Crippen molar-refractivity contribution in [3.05, 3.63) is 28.8 Å². The summed E-state index contributed by atoms with van der Waals surface area (Å²) in [7, 11) is 0. The van der Waals surface area contributed by atoms with Gasteiger partial charge in [0, 0.05) is 22.8 Å². The molecule has 0 saturated heterocycles. The van der Waals surface area contributed by atoms with Crippen LogP contribution in [0.2, 0.25) is 5.02 Å². The van der Waals surface area contributed by atoms with E-state index < -0.39 is 5.60 Å². The molecule has 2 N–H and O–H groups in total. The van der Waals surface area contributed by atoms with Crippen molar-refractivity contribution in [2.24, 2.45) is 0 Å². The molecule has 1 aliphatic carbocycles. The van der Waals surface area contributed by atoms with Gasteiger partial charge in [-0.3, -0.25) is 0 Å². The van der Waals surface area contributed by atoms with Crippen LogP contribution in [0.15, 0.2) is 18.2 Å². The Labute approximate surface area is 143 Å². The zero-order valence-corrected chi connectivity index (χ0v) is 15.2. The average Bonchev–Trinajstić information content (AvgIpc) is 2.43. The molecule has 1 saturated carbocycles. The van der Waals surface area contributed by atoms with Crippen molar-refractivity contribution in [3.63, 3.8) is 0 Å². The van der Waals surface area contributed by atoms with Crippen molar-refractivity contribution in [1.82, 2.24) is 5.32 Å². The fourth-order valence-corrected chi connectivity index (χ4v) is 3.00. The number of carbonyl (C=O) groups excluding carboxylic acids is 1. The van der Waals surface area contributed by atoms with E-state index in [-0.39, 0.29) is 12.1 Å². The molecule has 1 fully saturated rings. The van der Waals surface area contributed by atoms with Crippen LogP contribution in [0.25, 0.3) is 0 Å². The Morgan fingerprint density at radius 2 is 1.78 bits per heavy atom. The summed E-state index contributed by atoms with van der Waals surface area (Å²) in [5.74, 6) is 0. The second kappa shape index (κ2) is 7.43. The fourth-order valence-electron chi connectivity index (χ4n) is 2.83. The van der Waals surface area contributed by atoms with E-state index in [1.54, 1.807) is 0 Å². The van der Waals surface area contributed by atoms with Crippen LogP contribution in [0.5, 0.6) is 0 Å². The van der Waals surface area contributed by atoms with Gasteiger partial charge in [0.2, 0.25) is 0 Å². The largest absolute Gasteiger partial charge is 0.444 e.